The van der Waals surface area contributed by atoms with Crippen molar-refractivity contribution in [1.29, 1.82) is 0 Å². The number of hydrogen-bond acceptors (Lipinski definition) is 5. The number of benzene rings is 1. The van der Waals surface area contributed by atoms with E-state index in [4.69, 9.17) is 16.3 Å². The first-order valence-corrected chi connectivity index (χ1v) is 9.53. The van der Waals surface area contributed by atoms with Crippen LogP contribution in [0.25, 0.3) is 10.9 Å². The minimum absolute atomic E-state index is 0.178. The number of amides is 1. The van der Waals surface area contributed by atoms with Gasteiger partial charge in [-0.15, -0.1) is 0 Å². The van der Waals surface area contributed by atoms with Crippen LogP contribution >= 0.6 is 23.4 Å². The van der Waals surface area contributed by atoms with Gasteiger partial charge in [0, 0.05) is 22.5 Å². The third-order valence-electron chi connectivity index (χ3n) is 3.28. The van der Waals surface area contributed by atoms with Crippen LogP contribution in [-0.4, -0.2) is 39.5 Å². The molecule has 8 heteroatoms. The van der Waals surface area contributed by atoms with Crippen LogP contribution in [0.15, 0.2) is 30.3 Å². The first-order valence-electron chi connectivity index (χ1n) is 8.00. The number of halogens is 1. The molecule has 1 aromatic carbocycles. The number of carboxylic acid groups (broad SMARTS) is 1. The molecular formula is C18H21ClN2O4S. The van der Waals surface area contributed by atoms with E-state index in [0.29, 0.717) is 10.9 Å². The number of aliphatic carboxylic acids is 1. The zero-order valence-corrected chi connectivity index (χ0v) is 16.4. The molecule has 0 fully saturated rings. The number of fused-ring (bicyclic) bond motifs is 1. The van der Waals surface area contributed by atoms with Gasteiger partial charge in [-0.25, -0.2) is 14.6 Å². The highest BCUT2D eigenvalue weighted by atomic mass is 35.5. The zero-order chi connectivity index (χ0) is 19.3. The average Bonchev–Trinajstić information content (AvgIpc) is 2.52. The predicted molar refractivity (Wildman–Crippen MR) is 104 cm³/mol. The Labute approximate surface area is 161 Å². The van der Waals surface area contributed by atoms with E-state index in [1.54, 1.807) is 20.8 Å². The maximum atomic E-state index is 11.8. The van der Waals surface area contributed by atoms with Crippen molar-refractivity contribution in [3.05, 3.63) is 41.0 Å². The first kappa shape index (κ1) is 20.3. The fourth-order valence-electron chi connectivity index (χ4n) is 2.15. The average molecular weight is 397 g/mol. The molecule has 1 amide bonds. The van der Waals surface area contributed by atoms with E-state index < -0.39 is 23.7 Å². The lowest BCUT2D eigenvalue weighted by atomic mass is 10.2. The molecule has 0 saturated heterocycles. The molecular weight excluding hydrogens is 376 g/mol. The largest absolute Gasteiger partial charge is 0.480 e. The summed E-state index contributed by atoms with van der Waals surface area (Å²) in [6.07, 6.45) is -0.754. The maximum Gasteiger partial charge on any atom is 0.408 e. The van der Waals surface area contributed by atoms with Crippen LogP contribution in [0.1, 0.15) is 26.3 Å². The van der Waals surface area contributed by atoms with Gasteiger partial charge in [0.1, 0.15) is 16.8 Å². The fraction of sp³-hybridized carbons (Fsp3) is 0.389. The fourth-order valence-corrected chi connectivity index (χ4v) is 3.46. The number of carbonyl (C=O) groups excluding carboxylic acids is 1. The molecule has 26 heavy (non-hydrogen) atoms. The van der Waals surface area contributed by atoms with Crippen molar-refractivity contribution in [1.82, 2.24) is 10.3 Å². The van der Waals surface area contributed by atoms with E-state index in [1.165, 1.54) is 11.8 Å². The van der Waals surface area contributed by atoms with E-state index in [9.17, 15) is 14.7 Å². The topological polar surface area (TPSA) is 88.5 Å². The monoisotopic (exact) mass is 396 g/mol. The molecule has 2 rings (SSSR count). The summed E-state index contributed by atoms with van der Waals surface area (Å²) in [7, 11) is 0. The summed E-state index contributed by atoms with van der Waals surface area (Å²) >= 11 is 7.56. The van der Waals surface area contributed by atoms with Gasteiger partial charge in [0.25, 0.3) is 0 Å². The van der Waals surface area contributed by atoms with E-state index in [-0.39, 0.29) is 5.75 Å². The van der Waals surface area contributed by atoms with E-state index in [1.807, 2.05) is 30.3 Å². The zero-order valence-electron chi connectivity index (χ0n) is 14.8. The molecule has 0 saturated carbocycles. The van der Waals surface area contributed by atoms with Crippen molar-refractivity contribution in [3.8, 4) is 0 Å². The minimum atomic E-state index is -1.12. The van der Waals surface area contributed by atoms with Crippen LogP contribution in [0.4, 0.5) is 4.79 Å². The Balaban J connectivity index is 1.96. The summed E-state index contributed by atoms with van der Waals surface area (Å²) in [5.41, 5.74) is 0.933. The number of thioether (sulfide) groups is 1. The molecule has 1 unspecified atom stereocenters. The predicted octanol–water partition coefficient (Wildman–Crippen LogP) is 4.10. The number of carboxylic acids is 1. The molecule has 1 atom stereocenters. The second-order valence-corrected chi connectivity index (χ2v) is 8.07. The number of hydrogen-bond donors (Lipinski definition) is 2. The Hall–Kier alpha value is -1.99. The van der Waals surface area contributed by atoms with E-state index in [2.05, 4.69) is 10.3 Å². The Bertz CT molecular complexity index is 807. The highest BCUT2D eigenvalue weighted by Crippen LogP contribution is 2.24. The van der Waals surface area contributed by atoms with Crippen LogP contribution in [0.5, 0.6) is 0 Å². The number of rotatable bonds is 6. The normalized spacial score (nSPS) is 12.6. The quantitative estimate of drug-likeness (QED) is 0.714. The summed E-state index contributed by atoms with van der Waals surface area (Å²) in [6, 6.07) is 8.51. The second kappa shape index (κ2) is 8.60. The van der Waals surface area contributed by atoms with Gasteiger partial charge < -0.3 is 15.2 Å². The summed E-state index contributed by atoms with van der Waals surface area (Å²) < 4.78 is 5.10. The minimum Gasteiger partial charge on any atom is -0.480 e. The molecule has 0 aliphatic rings. The van der Waals surface area contributed by atoms with Crippen molar-refractivity contribution in [2.75, 3.05) is 5.75 Å². The summed E-state index contributed by atoms with van der Waals surface area (Å²) in [4.78, 5) is 27.5. The molecule has 0 bridgehead atoms. The third-order valence-corrected chi connectivity index (χ3v) is 4.69. The molecule has 6 nitrogen and oxygen atoms in total. The number of alkyl carbamates (subject to hydrolysis) is 1. The Morgan fingerprint density at radius 2 is 2.04 bits per heavy atom. The van der Waals surface area contributed by atoms with E-state index in [0.717, 1.165) is 16.5 Å². The number of carbonyl (C=O) groups is 2. The van der Waals surface area contributed by atoms with Gasteiger partial charge in [0.2, 0.25) is 0 Å². The molecule has 0 aliphatic carbocycles. The highest BCUT2D eigenvalue weighted by Gasteiger charge is 2.24. The van der Waals surface area contributed by atoms with Crippen molar-refractivity contribution < 1.29 is 19.4 Å². The van der Waals surface area contributed by atoms with Crippen LogP contribution in [0, 0.1) is 0 Å². The van der Waals surface area contributed by atoms with Gasteiger partial charge in [-0.1, -0.05) is 29.8 Å². The van der Waals surface area contributed by atoms with Crippen molar-refractivity contribution in [2.24, 2.45) is 0 Å². The number of nitrogens with zero attached hydrogens (tertiary/aromatic N) is 1. The Morgan fingerprint density at radius 3 is 2.69 bits per heavy atom. The van der Waals surface area contributed by atoms with Crippen LogP contribution < -0.4 is 5.32 Å². The number of aromatic nitrogens is 1. The third kappa shape index (κ3) is 6.07. The van der Waals surface area contributed by atoms with Crippen LogP contribution in [0.3, 0.4) is 0 Å². The lowest BCUT2D eigenvalue weighted by Crippen LogP contribution is -2.44. The van der Waals surface area contributed by atoms with Crippen LogP contribution in [-0.2, 0) is 15.3 Å². The molecule has 1 heterocycles. The Morgan fingerprint density at radius 1 is 1.35 bits per heavy atom. The van der Waals surface area contributed by atoms with Crippen molar-refractivity contribution >= 4 is 46.3 Å². The maximum absolute atomic E-state index is 11.8. The van der Waals surface area contributed by atoms with Gasteiger partial charge in [-0.2, -0.15) is 11.8 Å². The Kier molecular flexibility index (Phi) is 6.72. The molecule has 2 aromatic rings. The molecule has 0 radical (unpaired) electrons. The first-order chi connectivity index (χ1) is 12.2. The summed E-state index contributed by atoms with van der Waals surface area (Å²) in [5.74, 6) is -0.458. The molecule has 0 aliphatic heterocycles. The number of nitrogens with one attached hydrogen (secondary N) is 1. The summed E-state index contributed by atoms with van der Waals surface area (Å²) in [5, 5.41) is 13.0. The van der Waals surface area contributed by atoms with Crippen molar-refractivity contribution in [3.63, 3.8) is 0 Å². The SMILES string of the molecule is CC(C)(C)OC(=O)NC(CSCc1cc2ccccc2nc1Cl)C(=O)O. The molecule has 140 valence electrons. The van der Waals surface area contributed by atoms with Gasteiger partial charge in [-0.3, -0.25) is 0 Å². The number of para-hydroxylation sites is 1. The molecule has 1 aromatic heterocycles. The van der Waals surface area contributed by atoms with Crippen LogP contribution in [0.2, 0.25) is 5.15 Å². The van der Waals surface area contributed by atoms with Gasteiger partial charge in [0.05, 0.1) is 5.52 Å². The van der Waals surface area contributed by atoms with Crippen molar-refractivity contribution in [2.45, 2.75) is 38.2 Å². The molecule has 0 spiro atoms. The molecule has 2 N–H and O–H groups in total. The van der Waals surface area contributed by atoms with Gasteiger partial charge in [-0.05, 0) is 32.9 Å². The summed E-state index contributed by atoms with van der Waals surface area (Å²) in [6.45, 7) is 5.14. The highest BCUT2D eigenvalue weighted by molar-refractivity contribution is 7.98. The van der Waals surface area contributed by atoms with Gasteiger partial charge >= 0.3 is 12.1 Å². The standard InChI is InChI=1S/C18H21ClN2O4S/c1-18(2,3)25-17(24)21-14(16(22)23)10-26-9-12-8-11-6-4-5-7-13(11)20-15(12)19/h4-8,14H,9-10H2,1-3H3,(H,21,24)(H,22,23). The number of pyridine rings is 1. The lowest BCUT2D eigenvalue weighted by molar-refractivity contribution is -0.138. The van der Waals surface area contributed by atoms with Gasteiger partial charge in [0.15, 0.2) is 0 Å². The number of ether oxygens (including phenoxy) is 1. The lowest BCUT2D eigenvalue weighted by Gasteiger charge is -2.21. The smallest absolute Gasteiger partial charge is 0.408 e. The second-order valence-electron chi connectivity index (χ2n) is 6.68. The van der Waals surface area contributed by atoms with E-state index >= 15 is 0 Å².